The number of phenolic OH excluding ortho intramolecular Hbond substituents is 1. The average molecular weight is 228 g/mol. The minimum atomic E-state index is -0.444. The third kappa shape index (κ3) is 3.84. The third-order valence-electron chi connectivity index (χ3n) is 1.98. The van der Waals surface area contributed by atoms with E-state index in [9.17, 15) is 4.79 Å². The number of aromatic hydroxyl groups is 1. The number of amides is 1. The molecule has 0 aliphatic heterocycles. The fourth-order valence-corrected chi connectivity index (χ4v) is 1.15. The van der Waals surface area contributed by atoms with Crippen molar-refractivity contribution in [2.24, 2.45) is 0 Å². The summed E-state index contributed by atoms with van der Waals surface area (Å²) in [6, 6.07) is 8.04. The van der Waals surface area contributed by atoms with E-state index in [1.807, 2.05) is 6.07 Å². The van der Waals surface area contributed by atoms with Crippen molar-refractivity contribution in [3.05, 3.63) is 48.1 Å². The predicted molar refractivity (Wildman–Crippen MR) is 64.9 cm³/mol. The first kappa shape index (κ1) is 12.5. The van der Waals surface area contributed by atoms with Gasteiger partial charge in [0.25, 0.3) is 5.91 Å². The number of hydrogen-bond donors (Lipinski definition) is 2. The molecule has 0 aliphatic carbocycles. The molecule has 0 heterocycles. The van der Waals surface area contributed by atoms with Gasteiger partial charge in [-0.3, -0.25) is 4.79 Å². The molecule has 0 aliphatic rings. The number of rotatable bonds is 4. The Kier molecular flexibility index (Phi) is 4.52. The van der Waals surface area contributed by atoms with Crippen molar-refractivity contribution in [3.8, 4) is 11.8 Å². The second-order valence-electron chi connectivity index (χ2n) is 3.26. The van der Waals surface area contributed by atoms with E-state index in [0.717, 1.165) is 0 Å². The van der Waals surface area contributed by atoms with Crippen LogP contribution in [0.15, 0.2) is 42.5 Å². The van der Waals surface area contributed by atoms with Gasteiger partial charge >= 0.3 is 0 Å². The lowest BCUT2D eigenvalue weighted by atomic mass is 10.1. The molecule has 0 atom stereocenters. The van der Waals surface area contributed by atoms with Crippen LogP contribution in [-0.4, -0.2) is 17.6 Å². The zero-order valence-corrected chi connectivity index (χ0v) is 9.18. The molecule has 4 nitrogen and oxygen atoms in total. The third-order valence-corrected chi connectivity index (χ3v) is 1.98. The van der Waals surface area contributed by atoms with Crippen LogP contribution >= 0.6 is 0 Å². The molecule has 86 valence electrons. The van der Waals surface area contributed by atoms with Crippen LogP contribution < -0.4 is 5.32 Å². The van der Waals surface area contributed by atoms with Gasteiger partial charge in [0, 0.05) is 6.54 Å². The summed E-state index contributed by atoms with van der Waals surface area (Å²) in [5.41, 5.74) is 0.686. The summed E-state index contributed by atoms with van der Waals surface area (Å²) in [5.74, 6) is -0.308. The monoisotopic (exact) mass is 228 g/mol. The number of carbonyl (C=O) groups excluding carboxylic acids is 1. The molecule has 0 saturated heterocycles. The lowest BCUT2D eigenvalue weighted by Crippen LogP contribution is -2.24. The number of nitriles is 1. The predicted octanol–water partition coefficient (Wildman–Crippen LogP) is 1.60. The van der Waals surface area contributed by atoms with E-state index in [1.54, 1.807) is 12.1 Å². The van der Waals surface area contributed by atoms with Gasteiger partial charge in [0.1, 0.15) is 17.4 Å². The fraction of sp³-hybridized carbons (Fsp3) is 0.0769. The van der Waals surface area contributed by atoms with Crippen LogP contribution in [0.2, 0.25) is 0 Å². The topological polar surface area (TPSA) is 73.1 Å². The van der Waals surface area contributed by atoms with Crippen molar-refractivity contribution in [3.63, 3.8) is 0 Å². The van der Waals surface area contributed by atoms with Crippen LogP contribution in [-0.2, 0) is 4.79 Å². The van der Waals surface area contributed by atoms with Crippen LogP contribution in [0.3, 0.4) is 0 Å². The van der Waals surface area contributed by atoms with E-state index in [1.165, 1.54) is 24.3 Å². The first-order valence-electron chi connectivity index (χ1n) is 4.97. The van der Waals surface area contributed by atoms with E-state index in [0.29, 0.717) is 12.1 Å². The van der Waals surface area contributed by atoms with Crippen molar-refractivity contribution in [1.29, 1.82) is 5.26 Å². The smallest absolute Gasteiger partial charge is 0.262 e. The first-order valence-corrected chi connectivity index (χ1v) is 4.97. The Morgan fingerprint density at radius 1 is 1.47 bits per heavy atom. The minimum absolute atomic E-state index is 0.0116. The molecule has 0 spiro atoms. The van der Waals surface area contributed by atoms with Gasteiger partial charge < -0.3 is 10.4 Å². The van der Waals surface area contributed by atoms with Crippen molar-refractivity contribution in [2.45, 2.75) is 0 Å². The van der Waals surface area contributed by atoms with Crippen LogP contribution in [0.4, 0.5) is 0 Å². The molecule has 0 fully saturated rings. The second kappa shape index (κ2) is 6.13. The van der Waals surface area contributed by atoms with Gasteiger partial charge in [-0.25, -0.2) is 0 Å². The molecule has 0 aromatic heterocycles. The van der Waals surface area contributed by atoms with Crippen LogP contribution in [0, 0.1) is 11.3 Å². The Labute approximate surface area is 99.5 Å². The largest absolute Gasteiger partial charge is 0.508 e. The lowest BCUT2D eigenvalue weighted by molar-refractivity contribution is -0.116. The van der Waals surface area contributed by atoms with Gasteiger partial charge in [-0.15, -0.1) is 6.58 Å². The highest BCUT2D eigenvalue weighted by Crippen LogP contribution is 2.12. The van der Waals surface area contributed by atoms with E-state index in [4.69, 9.17) is 10.4 Å². The number of phenols is 1. The molecule has 1 aromatic rings. The Hall–Kier alpha value is -2.54. The second-order valence-corrected chi connectivity index (χ2v) is 3.26. The Morgan fingerprint density at radius 2 is 2.12 bits per heavy atom. The van der Waals surface area contributed by atoms with Crippen LogP contribution in [0.5, 0.6) is 5.75 Å². The molecule has 17 heavy (non-hydrogen) atoms. The van der Waals surface area contributed by atoms with Gasteiger partial charge in [-0.2, -0.15) is 5.26 Å². The van der Waals surface area contributed by atoms with Gasteiger partial charge in [0.15, 0.2) is 0 Å². The van der Waals surface area contributed by atoms with Gasteiger partial charge in [0.2, 0.25) is 0 Å². The Balaban J connectivity index is 2.87. The molecular formula is C13H12N2O2. The summed E-state index contributed by atoms with van der Waals surface area (Å²) in [7, 11) is 0. The number of hydrogen-bond acceptors (Lipinski definition) is 3. The van der Waals surface area contributed by atoms with Gasteiger partial charge in [0.05, 0.1) is 0 Å². The summed E-state index contributed by atoms with van der Waals surface area (Å²) in [5, 5.41) is 20.5. The minimum Gasteiger partial charge on any atom is -0.508 e. The first-order chi connectivity index (χ1) is 8.17. The molecular weight excluding hydrogens is 216 g/mol. The van der Waals surface area contributed by atoms with Crippen LogP contribution in [0.25, 0.3) is 6.08 Å². The molecule has 0 saturated carbocycles. The quantitative estimate of drug-likeness (QED) is 0.467. The summed E-state index contributed by atoms with van der Waals surface area (Å²) >= 11 is 0. The molecule has 2 N–H and O–H groups in total. The highest BCUT2D eigenvalue weighted by molar-refractivity contribution is 6.01. The SMILES string of the molecule is C=CCNC(=O)/C(C#N)=C\c1ccc(O)cc1. The van der Waals surface area contributed by atoms with Crippen LogP contribution in [0.1, 0.15) is 5.56 Å². The number of nitrogens with one attached hydrogen (secondary N) is 1. The van der Waals surface area contributed by atoms with Crippen molar-refractivity contribution >= 4 is 12.0 Å². The maximum absolute atomic E-state index is 11.5. The molecule has 1 aromatic carbocycles. The standard InChI is InChI=1S/C13H12N2O2/c1-2-7-15-13(17)11(9-14)8-10-3-5-12(16)6-4-10/h2-6,8,16H,1,7H2,(H,15,17)/b11-8-. The molecule has 4 heteroatoms. The maximum atomic E-state index is 11.5. The van der Waals surface area contributed by atoms with E-state index in [2.05, 4.69) is 11.9 Å². The lowest BCUT2D eigenvalue weighted by Gasteiger charge is -2.00. The zero-order chi connectivity index (χ0) is 12.7. The molecule has 0 unspecified atom stereocenters. The number of nitrogens with zero attached hydrogens (tertiary/aromatic N) is 1. The summed E-state index contributed by atoms with van der Waals surface area (Å²) < 4.78 is 0. The highest BCUT2D eigenvalue weighted by atomic mass is 16.3. The highest BCUT2D eigenvalue weighted by Gasteiger charge is 2.07. The molecule has 0 bridgehead atoms. The summed E-state index contributed by atoms with van der Waals surface area (Å²) in [6.07, 6.45) is 2.99. The van der Waals surface area contributed by atoms with E-state index >= 15 is 0 Å². The van der Waals surface area contributed by atoms with Crippen molar-refractivity contribution in [1.82, 2.24) is 5.32 Å². The molecule has 1 amide bonds. The number of carbonyl (C=O) groups is 1. The van der Waals surface area contributed by atoms with Crippen molar-refractivity contribution in [2.75, 3.05) is 6.54 Å². The number of benzene rings is 1. The molecule has 1 rings (SSSR count). The maximum Gasteiger partial charge on any atom is 0.262 e. The normalized spacial score (nSPS) is 10.4. The Morgan fingerprint density at radius 3 is 2.65 bits per heavy atom. The van der Waals surface area contributed by atoms with Crippen molar-refractivity contribution < 1.29 is 9.90 Å². The zero-order valence-electron chi connectivity index (χ0n) is 9.18. The molecule has 0 radical (unpaired) electrons. The van der Waals surface area contributed by atoms with E-state index in [-0.39, 0.29) is 11.3 Å². The Bertz CT molecular complexity index is 481. The summed E-state index contributed by atoms with van der Waals surface area (Å²) in [4.78, 5) is 11.5. The van der Waals surface area contributed by atoms with E-state index < -0.39 is 5.91 Å². The fourth-order valence-electron chi connectivity index (χ4n) is 1.15. The average Bonchev–Trinajstić information content (AvgIpc) is 2.35. The van der Waals surface area contributed by atoms with Gasteiger partial charge in [-0.05, 0) is 23.8 Å². The van der Waals surface area contributed by atoms with Gasteiger partial charge in [-0.1, -0.05) is 18.2 Å². The summed E-state index contributed by atoms with van der Waals surface area (Å²) in [6.45, 7) is 3.78.